The van der Waals surface area contributed by atoms with Gasteiger partial charge in [-0.1, -0.05) is 6.92 Å². The summed E-state index contributed by atoms with van der Waals surface area (Å²) < 4.78 is 0. The Morgan fingerprint density at radius 3 is 2.54 bits per heavy atom. The van der Waals surface area contributed by atoms with Gasteiger partial charge in [0.05, 0.1) is 6.04 Å². The quantitative estimate of drug-likeness (QED) is 0.511. The number of nitrogens with one attached hydrogen (secondary N) is 1. The van der Waals surface area contributed by atoms with Gasteiger partial charge >= 0.3 is 5.97 Å². The summed E-state index contributed by atoms with van der Waals surface area (Å²) >= 11 is 0. The molecule has 76 valence electrons. The van der Waals surface area contributed by atoms with Crippen molar-refractivity contribution in [1.29, 1.82) is 0 Å². The van der Waals surface area contributed by atoms with Crippen LogP contribution in [0, 0.1) is 0 Å². The number of carbonyl (C=O) groups is 2. The van der Waals surface area contributed by atoms with Crippen LogP contribution in [0.15, 0.2) is 0 Å². The molecule has 1 amide bonds. The number of amides is 1. The Hall–Kier alpha value is -1.10. The zero-order valence-corrected chi connectivity index (χ0v) is 7.75. The highest BCUT2D eigenvalue weighted by molar-refractivity contribution is 5.80. The van der Waals surface area contributed by atoms with E-state index in [2.05, 4.69) is 5.32 Å². The van der Waals surface area contributed by atoms with E-state index in [1.54, 1.807) is 0 Å². The van der Waals surface area contributed by atoms with E-state index < -0.39 is 17.9 Å². The van der Waals surface area contributed by atoms with Crippen LogP contribution < -0.4 is 11.1 Å². The predicted molar refractivity (Wildman–Crippen MR) is 48.1 cm³/mol. The van der Waals surface area contributed by atoms with Gasteiger partial charge in [0.25, 0.3) is 0 Å². The number of carboxylic acid groups (broad SMARTS) is 1. The van der Waals surface area contributed by atoms with Crippen LogP contribution in [-0.4, -0.2) is 29.6 Å². The summed E-state index contributed by atoms with van der Waals surface area (Å²) in [6.07, 6.45) is 1.10. The van der Waals surface area contributed by atoms with Crippen molar-refractivity contribution in [1.82, 2.24) is 5.32 Å². The summed E-state index contributed by atoms with van der Waals surface area (Å²) in [5, 5.41) is 11.3. The Labute approximate surface area is 77.3 Å². The fourth-order valence-corrected chi connectivity index (χ4v) is 0.931. The number of carboxylic acids is 1. The molecule has 13 heavy (non-hydrogen) atoms. The van der Waals surface area contributed by atoms with E-state index in [4.69, 9.17) is 10.8 Å². The Balaban J connectivity index is 3.80. The van der Waals surface area contributed by atoms with Crippen LogP contribution in [0.2, 0.25) is 0 Å². The average molecular weight is 188 g/mol. The minimum atomic E-state index is -0.912. The minimum Gasteiger partial charge on any atom is -0.481 e. The zero-order valence-electron chi connectivity index (χ0n) is 7.75. The first-order valence-corrected chi connectivity index (χ1v) is 4.32. The molecule has 4 N–H and O–H groups in total. The molecule has 0 aromatic rings. The molecule has 0 spiro atoms. The lowest BCUT2D eigenvalue weighted by Crippen LogP contribution is -2.41. The summed E-state index contributed by atoms with van der Waals surface area (Å²) in [6, 6.07) is -0.518. The number of primary amides is 1. The van der Waals surface area contributed by atoms with Crippen LogP contribution in [0.25, 0.3) is 0 Å². The van der Waals surface area contributed by atoms with Gasteiger partial charge in [0.1, 0.15) is 0 Å². The zero-order chi connectivity index (χ0) is 10.3. The molecular weight excluding hydrogens is 172 g/mol. The van der Waals surface area contributed by atoms with E-state index in [0.29, 0.717) is 6.54 Å². The highest BCUT2D eigenvalue weighted by Gasteiger charge is 2.14. The summed E-state index contributed by atoms with van der Waals surface area (Å²) in [6.45, 7) is 2.63. The SMILES string of the molecule is CCCN[C@@H](CCC(=O)O)C(N)=O. The number of nitrogens with two attached hydrogens (primary N) is 1. The maximum atomic E-state index is 10.8. The smallest absolute Gasteiger partial charge is 0.303 e. The molecule has 0 aliphatic carbocycles. The molecule has 0 aromatic carbocycles. The molecule has 5 nitrogen and oxygen atoms in total. The predicted octanol–water partition coefficient (Wildman–Crippen LogP) is -0.295. The maximum Gasteiger partial charge on any atom is 0.303 e. The van der Waals surface area contributed by atoms with Gasteiger partial charge < -0.3 is 16.2 Å². The molecule has 1 atom stereocenters. The number of rotatable bonds is 7. The van der Waals surface area contributed by atoms with E-state index in [9.17, 15) is 9.59 Å². The Bertz CT molecular complexity index is 182. The molecular formula is C8H16N2O3. The lowest BCUT2D eigenvalue weighted by molar-refractivity contribution is -0.137. The number of carbonyl (C=O) groups excluding carboxylic acids is 1. The fourth-order valence-electron chi connectivity index (χ4n) is 0.931. The first kappa shape index (κ1) is 11.9. The molecule has 0 saturated heterocycles. The molecule has 0 aromatic heterocycles. The summed E-state index contributed by atoms with van der Waals surface area (Å²) in [7, 11) is 0. The summed E-state index contributed by atoms with van der Waals surface area (Å²) in [4.78, 5) is 21.0. The van der Waals surface area contributed by atoms with Gasteiger partial charge in [-0.15, -0.1) is 0 Å². The van der Waals surface area contributed by atoms with E-state index in [1.165, 1.54) is 0 Å². The highest BCUT2D eigenvalue weighted by Crippen LogP contribution is 1.96. The highest BCUT2D eigenvalue weighted by atomic mass is 16.4. The molecule has 5 heteroatoms. The van der Waals surface area contributed by atoms with Crippen LogP contribution in [0.5, 0.6) is 0 Å². The van der Waals surface area contributed by atoms with E-state index in [-0.39, 0.29) is 12.8 Å². The van der Waals surface area contributed by atoms with Gasteiger partial charge in [-0.25, -0.2) is 0 Å². The molecule has 0 bridgehead atoms. The van der Waals surface area contributed by atoms with Crippen LogP contribution >= 0.6 is 0 Å². The molecule has 0 heterocycles. The Kier molecular flexibility index (Phi) is 5.88. The molecule has 0 radical (unpaired) electrons. The van der Waals surface area contributed by atoms with Crippen molar-refractivity contribution in [3.05, 3.63) is 0 Å². The van der Waals surface area contributed by atoms with E-state index in [0.717, 1.165) is 6.42 Å². The lowest BCUT2D eigenvalue weighted by atomic mass is 10.1. The third-order valence-electron chi connectivity index (χ3n) is 1.63. The second-order valence-corrected chi connectivity index (χ2v) is 2.84. The topological polar surface area (TPSA) is 92.4 Å². The standard InChI is InChI=1S/C8H16N2O3/c1-2-5-10-6(8(9)13)3-4-7(11)12/h6,10H,2-5H2,1H3,(H2,9,13)(H,11,12)/t6-/m0/s1. The Morgan fingerprint density at radius 2 is 2.15 bits per heavy atom. The third kappa shape index (κ3) is 6.10. The molecule has 0 saturated carbocycles. The second-order valence-electron chi connectivity index (χ2n) is 2.84. The van der Waals surface area contributed by atoms with Gasteiger partial charge in [-0.05, 0) is 19.4 Å². The first-order valence-electron chi connectivity index (χ1n) is 4.32. The maximum absolute atomic E-state index is 10.8. The van der Waals surface area contributed by atoms with Gasteiger partial charge in [0.2, 0.25) is 5.91 Å². The van der Waals surface area contributed by atoms with Crippen molar-refractivity contribution in [3.63, 3.8) is 0 Å². The van der Waals surface area contributed by atoms with E-state index >= 15 is 0 Å². The van der Waals surface area contributed by atoms with Crippen LogP contribution in [0.3, 0.4) is 0 Å². The van der Waals surface area contributed by atoms with Crippen molar-refractivity contribution < 1.29 is 14.7 Å². The summed E-state index contributed by atoms with van der Waals surface area (Å²) in [5.41, 5.74) is 5.07. The molecule has 0 aliphatic rings. The van der Waals surface area contributed by atoms with Crippen LogP contribution in [-0.2, 0) is 9.59 Å². The first-order chi connectivity index (χ1) is 6.07. The molecule has 0 fully saturated rings. The van der Waals surface area contributed by atoms with Crippen LogP contribution in [0.1, 0.15) is 26.2 Å². The van der Waals surface area contributed by atoms with Gasteiger partial charge in [-0.2, -0.15) is 0 Å². The van der Waals surface area contributed by atoms with Crippen molar-refractivity contribution in [3.8, 4) is 0 Å². The molecule has 0 unspecified atom stereocenters. The third-order valence-corrected chi connectivity index (χ3v) is 1.63. The van der Waals surface area contributed by atoms with Crippen molar-refractivity contribution in [2.75, 3.05) is 6.54 Å². The molecule has 0 aliphatic heterocycles. The van der Waals surface area contributed by atoms with Gasteiger partial charge in [0, 0.05) is 6.42 Å². The van der Waals surface area contributed by atoms with Crippen molar-refractivity contribution >= 4 is 11.9 Å². The lowest BCUT2D eigenvalue weighted by Gasteiger charge is -2.13. The van der Waals surface area contributed by atoms with Crippen molar-refractivity contribution in [2.45, 2.75) is 32.2 Å². The Morgan fingerprint density at radius 1 is 1.54 bits per heavy atom. The number of aliphatic carboxylic acids is 1. The second kappa shape index (κ2) is 6.42. The van der Waals surface area contributed by atoms with Gasteiger partial charge in [0.15, 0.2) is 0 Å². The van der Waals surface area contributed by atoms with Crippen molar-refractivity contribution in [2.24, 2.45) is 5.73 Å². The fraction of sp³-hybridized carbons (Fsp3) is 0.750. The average Bonchev–Trinajstić information content (AvgIpc) is 2.03. The monoisotopic (exact) mass is 188 g/mol. The largest absolute Gasteiger partial charge is 0.481 e. The van der Waals surface area contributed by atoms with Crippen LogP contribution in [0.4, 0.5) is 0 Å². The number of hydrogen-bond donors (Lipinski definition) is 3. The van der Waals surface area contributed by atoms with Gasteiger partial charge in [-0.3, -0.25) is 9.59 Å². The summed E-state index contributed by atoms with van der Waals surface area (Å²) in [5.74, 6) is -1.40. The normalized spacial score (nSPS) is 12.4. The minimum absolute atomic E-state index is 0.0374. The molecule has 0 rings (SSSR count). The van der Waals surface area contributed by atoms with E-state index in [1.807, 2.05) is 6.92 Å². The number of hydrogen-bond acceptors (Lipinski definition) is 3.